The van der Waals surface area contributed by atoms with Crippen LogP contribution in [0.4, 0.5) is 0 Å². The minimum atomic E-state index is -0.192. The first-order valence-electron chi connectivity index (χ1n) is 29.3. The second kappa shape index (κ2) is 18.3. The summed E-state index contributed by atoms with van der Waals surface area (Å²) < 4.78 is 0. The number of hydrogen-bond donors (Lipinski definition) is 0. The summed E-state index contributed by atoms with van der Waals surface area (Å²) >= 11 is 0. The molecule has 0 saturated heterocycles. The molecule has 2 spiro atoms. The number of benzene rings is 13. The lowest BCUT2D eigenvalue weighted by molar-refractivity contribution is 0.626. The van der Waals surface area contributed by atoms with Crippen LogP contribution in [-0.4, -0.2) is 0 Å². The SMILES string of the molecule is C(=C(c1ccccc1)c1ccccc1)c1ccc(-c2c3ccccc3c(-c3cc(-c4ccc5c(c4)C4(CCc6ccccc64)c4ccccc4-5)cc(-c4ccc5c(c4)C4(CCc6ccccc64)c4ccccc4-5)c3)c3ccccc23)cc1. The first-order valence-corrected chi connectivity index (χ1v) is 29.3. The van der Waals surface area contributed by atoms with Crippen molar-refractivity contribution in [1.29, 1.82) is 0 Å². The molecule has 13 aromatic rings. The number of rotatable bonds is 7. The lowest BCUT2D eigenvalue weighted by Gasteiger charge is -2.29. The highest BCUT2D eigenvalue weighted by atomic mass is 14.5. The Kier molecular flexibility index (Phi) is 10.5. The van der Waals surface area contributed by atoms with Gasteiger partial charge in [-0.2, -0.15) is 0 Å². The lowest BCUT2D eigenvalue weighted by Crippen LogP contribution is -2.23. The van der Waals surface area contributed by atoms with Gasteiger partial charge in [0.1, 0.15) is 0 Å². The summed E-state index contributed by atoms with van der Waals surface area (Å²) in [6, 6.07) is 108. The topological polar surface area (TPSA) is 0 Å². The van der Waals surface area contributed by atoms with Crippen molar-refractivity contribution in [3.63, 3.8) is 0 Å². The van der Waals surface area contributed by atoms with Gasteiger partial charge in [-0.05, 0) is 217 Å². The van der Waals surface area contributed by atoms with Crippen molar-refractivity contribution in [3.8, 4) is 66.8 Å². The van der Waals surface area contributed by atoms with Crippen molar-refractivity contribution in [1.82, 2.24) is 0 Å². The Morgan fingerprint density at radius 2 is 0.634 bits per heavy atom. The third kappa shape index (κ3) is 6.91. The summed E-state index contributed by atoms with van der Waals surface area (Å²) in [6.07, 6.45) is 6.61. The van der Waals surface area contributed by atoms with E-state index in [1.54, 1.807) is 0 Å². The van der Waals surface area contributed by atoms with E-state index in [1.807, 2.05) is 0 Å². The Morgan fingerprint density at radius 1 is 0.268 bits per heavy atom. The van der Waals surface area contributed by atoms with E-state index in [9.17, 15) is 0 Å². The Hall–Kier alpha value is -9.88. The van der Waals surface area contributed by atoms with Crippen molar-refractivity contribution in [2.24, 2.45) is 0 Å². The normalized spacial score (nSPS) is 16.7. The van der Waals surface area contributed by atoms with Crippen LogP contribution in [0.15, 0.2) is 285 Å². The molecule has 0 saturated carbocycles. The fourth-order valence-electron chi connectivity index (χ4n) is 15.8. The summed E-state index contributed by atoms with van der Waals surface area (Å²) in [5.74, 6) is 0. The maximum absolute atomic E-state index is 2.57. The van der Waals surface area contributed by atoms with Crippen molar-refractivity contribution < 1.29 is 0 Å². The van der Waals surface area contributed by atoms with E-state index < -0.39 is 0 Å². The molecule has 4 aliphatic rings. The number of hydrogen-bond acceptors (Lipinski definition) is 0. The molecular weight excluding hydrogens is 985 g/mol. The lowest BCUT2D eigenvalue weighted by atomic mass is 9.73. The van der Waals surface area contributed by atoms with Gasteiger partial charge in [0, 0.05) is 10.8 Å². The smallest absolute Gasteiger partial charge is 0.0469 e. The van der Waals surface area contributed by atoms with E-state index in [-0.39, 0.29) is 10.8 Å². The largest absolute Gasteiger partial charge is 0.0622 e. The van der Waals surface area contributed by atoms with Gasteiger partial charge in [0.25, 0.3) is 0 Å². The van der Waals surface area contributed by atoms with E-state index >= 15 is 0 Å². The molecule has 0 amide bonds. The van der Waals surface area contributed by atoms with Gasteiger partial charge in [0.2, 0.25) is 0 Å². The van der Waals surface area contributed by atoms with Crippen LogP contribution < -0.4 is 0 Å². The van der Waals surface area contributed by atoms with Crippen LogP contribution in [-0.2, 0) is 23.7 Å². The van der Waals surface area contributed by atoms with Gasteiger partial charge in [0.05, 0.1) is 0 Å². The first kappa shape index (κ1) is 47.0. The molecule has 13 aromatic carbocycles. The molecule has 384 valence electrons. The average molecular weight is 1040 g/mol. The van der Waals surface area contributed by atoms with E-state index in [0.717, 1.165) is 31.2 Å². The van der Waals surface area contributed by atoms with Crippen molar-refractivity contribution in [2.45, 2.75) is 36.5 Å². The van der Waals surface area contributed by atoms with Crippen LogP contribution in [0.2, 0.25) is 0 Å². The molecule has 4 aliphatic carbocycles. The first-order chi connectivity index (χ1) is 40.6. The van der Waals surface area contributed by atoms with Crippen LogP contribution in [0.3, 0.4) is 0 Å². The molecule has 17 rings (SSSR count). The Labute approximate surface area is 480 Å². The van der Waals surface area contributed by atoms with E-state index in [0.29, 0.717) is 0 Å². The van der Waals surface area contributed by atoms with Gasteiger partial charge in [-0.15, -0.1) is 0 Å². The van der Waals surface area contributed by atoms with Gasteiger partial charge in [-0.3, -0.25) is 0 Å². The van der Waals surface area contributed by atoms with Gasteiger partial charge in [-0.25, -0.2) is 0 Å². The van der Waals surface area contributed by atoms with Gasteiger partial charge in [-0.1, -0.05) is 255 Å². The van der Waals surface area contributed by atoms with Crippen LogP contribution in [0.5, 0.6) is 0 Å². The fraction of sp³-hybridized carbons (Fsp3) is 0.0732. The molecule has 0 bridgehead atoms. The molecule has 0 nitrogen and oxygen atoms in total. The zero-order valence-corrected chi connectivity index (χ0v) is 45.5. The molecule has 0 fully saturated rings. The highest BCUT2D eigenvalue weighted by Gasteiger charge is 2.49. The van der Waals surface area contributed by atoms with E-state index in [2.05, 4.69) is 291 Å². The molecule has 0 radical (unpaired) electrons. The molecule has 2 atom stereocenters. The third-order valence-electron chi connectivity index (χ3n) is 19.3. The summed E-state index contributed by atoms with van der Waals surface area (Å²) in [5, 5.41) is 4.98. The van der Waals surface area contributed by atoms with Crippen LogP contribution >= 0.6 is 0 Å². The quantitative estimate of drug-likeness (QED) is 0.110. The summed E-state index contributed by atoms with van der Waals surface area (Å²) in [4.78, 5) is 0. The molecule has 0 aromatic heterocycles. The molecule has 2 unspecified atom stereocenters. The Balaban J connectivity index is 0.873. The average Bonchev–Trinajstić information content (AvgIpc) is 3.61. The Morgan fingerprint density at radius 3 is 1.11 bits per heavy atom. The minimum absolute atomic E-state index is 0.192. The van der Waals surface area contributed by atoms with Crippen LogP contribution in [0.25, 0.3) is 100.0 Å². The second-order valence-electron chi connectivity index (χ2n) is 23.3. The fourth-order valence-corrected chi connectivity index (χ4v) is 15.8. The molecule has 0 heterocycles. The molecule has 0 N–H and O–H groups in total. The zero-order valence-electron chi connectivity index (χ0n) is 45.5. The highest BCUT2D eigenvalue weighted by molar-refractivity contribution is 6.21. The predicted molar refractivity (Wildman–Crippen MR) is 343 cm³/mol. The third-order valence-corrected chi connectivity index (χ3v) is 19.3. The Bertz CT molecular complexity index is 4510. The van der Waals surface area contributed by atoms with Gasteiger partial charge >= 0.3 is 0 Å². The number of fused-ring (bicyclic) bond motifs is 16. The second-order valence-corrected chi connectivity index (χ2v) is 23.3. The summed E-state index contributed by atoms with van der Waals surface area (Å²) in [5.41, 5.74) is 31.3. The molecule has 82 heavy (non-hydrogen) atoms. The van der Waals surface area contributed by atoms with E-state index in [4.69, 9.17) is 0 Å². The molecular formula is C82H56. The van der Waals surface area contributed by atoms with E-state index in [1.165, 1.54) is 150 Å². The molecule has 0 aliphatic heterocycles. The van der Waals surface area contributed by atoms with Crippen LogP contribution in [0.1, 0.15) is 74.0 Å². The molecule has 0 heteroatoms. The van der Waals surface area contributed by atoms with Gasteiger partial charge < -0.3 is 0 Å². The summed E-state index contributed by atoms with van der Waals surface area (Å²) in [7, 11) is 0. The van der Waals surface area contributed by atoms with Crippen molar-refractivity contribution in [2.75, 3.05) is 0 Å². The maximum Gasteiger partial charge on any atom is 0.0469 e. The maximum atomic E-state index is 2.57. The standard InChI is InChI=1S/C82H56/c1-3-19-54(20-4-1)72(55-21-5-2-6-22-55)47-53-35-37-58(38-36-53)79-68-27-9-11-29-70(68)80(71-30-12-10-28-69(71)79)63-49-61(59-39-41-66-64-25-13-17-33-75(64)81(77(66)51-59)45-43-56-23-7-15-31-73(56)81)48-62(50-63)60-40-42-67-65-26-14-18-34-76(65)82(78(67)52-60)46-44-57-24-8-16-32-74(57)82/h1-42,47-52H,43-46H2. The van der Waals surface area contributed by atoms with Gasteiger partial charge in [0.15, 0.2) is 0 Å². The zero-order chi connectivity index (χ0) is 53.9. The monoisotopic (exact) mass is 1040 g/mol. The summed E-state index contributed by atoms with van der Waals surface area (Å²) in [6.45, 7) is 0. The minimum Gasteiger partial charge on any atom is -0.0622 e. The number of aryl methyl sites for hydroxylation is 2. The highest BCUT2D eigenvalue weighted by Crippen LogP contribution is 2.61. The van der Waals surface area contributed by atoms with Crippen molar-refractivity contribution >= 4 is 33.2 Å². The van der Waals surface area contributed by atoms with Crippen LogP contribution in [0, 0.1) is 0 Å². The predicted octanol–water partition coefficient (Wildman–Crippen LogP) is 20.8. The van der Waals surface area contributed by atoms with Crippen molar-refractivity contribution in [3.05, 3.63) is 346 Å².